The van der Waals surface area contributed by atoms with Gasteiger partial charge in [0.15, 0.2) is 0 Å². The summed E-state index contributed by atoms with van der Waals surface area (Å²) in [6, 6.07) is 11.1. The first kappa shape index (κ1) is 15.2. The van der Waals surface area contributed by atoms with E-state index >= 15 is 0 Å². The topological polar surface area (TPSA) is 24.9 Å². The van der Waals surface area contributed by atoms with Crippen LogP contribution in [0.25, 0.3) is 10.9 Å². The highest BCUT2D eigenvalue weighted by atomic mass is 35.5. The van der Waals surface area contributed by atoms with Gasteiger partial charge in [0.1, 0.15) is 0 Å². The molecule has 18 heavy (non-hydrogen) atoms. The molecular formula is C14H18Cl2N2. The van der Waals surface area contributed by atoms with Gasteiger partial charge in [0.05, 0.1) is 5.52 Å². The Hall–Kier alpha value is -0.830. The van der Waals surface area contributed by atoms with Gasteiger partial charge in [0, 0.05) is 17.6 Å². The van der Waals surface area contributed by atoms with Gasteiger partial charge in [-0.25, -0.2) is 0 Å². The van der Waals surface area contributed by atoms with Crippen LogP contribution in [0.3, 0.4) is 0 Å². The first-order valence-electron chi connectivity index (χ1n) is 6.01. The molecule has 1 unspecified atom stereocenters. The van der Waals surface area contributed by atoms with Gasteiger partial charge in [-0.3, -0.25) is 4.98 Å². The van der Waals surface area contributed by atoms with Crippen LogP contribution in [-0.2, 0) is 0 Å². The normalized spacial score (nSPS) is 18.8. The molecule has 1 aromatic carbocycles. The highest BCUT2D eigenvalue weighted by Gasteiger charge is 2.14. The van der Waals surface area contributed by atoms with Crippen LogP contribution in [-0.4, -0.2) is 11.5 Å². The van der Waals surface area contributed by atoms with E-state index in [-0.39, 0.29) is 24.8 Å². The first-order valence-corrected chi connectivity index (χ1v) is 6.01. The summed E-state index contributed by atoms with van der Waals surface area (Å²) in [6.07, 6.45) is 5.88. The summed E-state index contributed by atoms with van der Waals surface area (Å²) in [5.74, 6) is 0. The number of piperidine rings is 1. The molecule has 1 aliphatic heterocycles. The third-order valence-electron chi connectivity index (χ3n) is 3.32. The molecule has 1 fully saturated rings. The number of hydrogen-bond donors (Lipinski definition) is 1. The Morgan fingerprint density at radius 1 is 1.11 bits per heavy atom. The monoisotopic (exact) mass is 284 g/mol. The predicted molar refractivity (Wildman–Crippen MR) is 80.8 cm³/mol. The molecule has 4 heteroatoms. The molecule has 98 valence electrons. The number of fused-ring (bicyclic) bond motifs is 1. The maximum atomic E-state index is 4.52. The van der Waals surface area contributed by atoms with Gasteiger partial charge in [0.25, 0.3) is 0 Å². The van der Waals surface area contributed by atoms with Crippen LogP contribution in [0.2, 0.25) is 0 Å². The summed E-state index contributed by atoms with van der Waals surface area (Å²) in [6.45, 7) is 1.14. The van der Waals surface area contributed by atoms with Crippen LogP contribution in [0.5, 0.6) is 0 Å². The maximum absolute atomic E-state index is 4.52. The molecule has 1 aromatic heterocycles. The van der Waals surface area contributed by atoms with Crippen LogP contribution >= 0.6 is 24.8 Å². The third kappa shape index (κ3) is 3.14. The quantitative estimate of drug-likeness (QED) is 0.859. The molecule has 0 bridgehead atoms. The van der Waals surface area contributed by atoms with Crippen LogP contribution in [0.1, 0.15) is 30.9 Å². The number of rotatable bonds is 1. The van der Waals surface area contributed by atoms with Crippen molar-refractivity contribution in [1.82, 2.24) is 10.3 Å². The number of nitrogens with one attached hydrogen (secondary N) is 1. The molecule has 1 N–H and O–H groups in total. The maximum Gasteiger partial charge on any atom is 0.0702 e. The second-order valence-electron chi connectivity index (χ2n) is 4.46. The lowest BCUT2D eigenvalue weighted by atomic mass is 9.98. The highest BCUT2D eigenvalue weighted by molar-refractivity contribution is 5.85. The van der Waals surface area contributed by atoms with Crippen LogP contribution in [0.15, 0.2) is 36.5 Å². The van der Waals surface area contributed by atoms with E-state index in [9.17, 15) is 0 Å². The summed E-state index contributed by atoms with van der Waals surface area (Å²) in [5, 5.41) is 4.80. The van der Waals surface area contributed by atoms with E-state index in [0.29, 0.717) is 6.04 Å². The Morgan fingerprint density at radius 2 is 1.94 bits per heavy atom. The van der Waals surface area contributed by atoms with Gasteiger partial charge >= 0.3 is 0 Å². The number of nitrogens with zero attached hydrogens (tertiary/aromatic N) is 1. The van der Waals surface area contributed by atoms with Gasteiger partial charge in [0.2, 0.25) is 0 Å². The average molecular weight is 285 g/mol. The second-order valence-corrected chi connectivity index (χ2v) is 4.46. The van der Waals surface area contributed by atoms with E-state index in [1.165, 1.54) is 30.2 Å². The number of pyridine rings is 1. The number of para-hydroxylation sites is 1. The molecule has 1 atom stereocenters. The van der Waals surface area contributed by atoms with Gasteiger partial charge in [-0.15, -0.1) is 24.8 Å². The minimum atomic E-state index is 0. The Kier molecular flexibility index (Phi) is 5.86. The largest absolute Gasteiger partial charge is 0.310 e. The number of halogens is 2. The molecule has 0 amide bonds. The van der Waals surface area contributed by atoms with Gasteiger partial charge < -0.3 is 5.32 Å². The molecule has 2 heterocycles. The van der Waals surface area contributed by atoms with Crippen molar-refractivity contribution in [2.45, 2.75) is 25.3 Å². The molecule has 0 saturated carbocycles. The summed E-state index contributed by atoms with van der Waals surface area (Å²) in [5.41, 5.74) is 2.42. The third-order valence-corrected chi connectivity index (χ3v) is 3.32. The Labute approximate surface area is 120 Å². The molecule has 2 nitrogen and oxygen atoms in total. The zero-order chi connectivity index (χ0) is 10.8. The van der Waals surface area contributed by atoms with Crippen molar-refractivity contribution in [1.29, 1.82) is 0 Å². The van der Waals surface area contributed by atoms with Crippen molar-refractivity contribution in [3.8, 4) is 0 Å². The van der Waals surface area contributed by atoms with Crippen molar-refractivity contribution in [2.75, 3.05) is 6.54 Å². The van der Waals surface area contributed by atoms with Gasteiger partial charge in [-0.05, 0) is 37.1 Å². The standard InChI is InChI=1S/C14H16N2.2ClH/c1-2-6-13-11(5-1)9-12(10-16-13)14-7-3-4-8-15-14;;/h1-2,5-6,9-10,14-15H,3-4,7-8H2;2*1H. The van der Waals surface area contributed by atoms with Crippen molar-refractivity contribution in [3.63, 3.8) is 0 Å². The summed E-state index contributed by atoms with van der Waals surface area (Å²) >= 11 is 0. The van der Waals surface area contributed by atoms with Crippen LogP contribution in [0.4, 0.5) is 0 Å². The molecule has 3 rings (SSSR count). The van der Waals surface area contributed by atoms with E-state index in [4.69, 9.17) is 0 Å². The van der Waals surface area contributed by atoms with Crippen molar-refractivity contribution < 1.29 is 0 Å². The SMILES string of the molecule is Cl.Cl.c1ccc2ncc(C3CCCCN3)cc2c1. The predicted octanol–water partition coefficient (Wildman–Crippen LogP) is 3.89. The summed E-state index contributed by atoms with van der Waals surface area (Å²) < 4.78 is 0. The van der Waals surface area contributed by atoms with Crippen molar-refractivity contribution in [2.24, 2.45) is 0 Å². The van der Waals surface area contributed by atoms with Crippen molar-refractivity contribution in [3.05, 3.63) is 42.1 Å². The first-order chi connectivity index (χ1) is 7.93. The average Bonchev–Trinajstić information content (AvgIpc) is 2.39. The zero-order valence-corrected chi connectivity index (χ0v) is 11.8. The number of aromatic nitrogens is 1. The van der Waals surface area contributed by atoms with Gasteiger partial charge in [-0.2, -0.15) is 0 Å². The minimum absolute atomic E-state index is 0. The van der Waals surface area contributed by atoms with Crippen LogP contribution in [0, 0.1) is 0 Å². The fraction of sp³-hybridized carbons (Fsp3) is 0.357. The Bertz CT molecular complexity index is 496. The lowest BCUT2D eigenvalue weighted by molar-refractivity contribution is 0.412. The fourth-order valence-electron chi connectivity index (χ4n) is 2.41. The number of benzene rings is 1. The molecule has 0 spiro atoms. The van der Waals surface area contributed by atoms with Crippen LogP contribution < -0.4 is 5.32 Å². The molecule has 1 saturated heterocycles. The van der Waals surface area contributed by atoms with E-state index in [0.717, 1.165) is 12.1 Å². The lowest BCUT2D eigenvalue weighted by Crippen LogP contribution is -2.26. The second kappa shape index (κ2) is 6.93. The van der Waals surface area contributed by atoms with E-state index < -0.39 is 0 Å². The van der Waals surface area contributed by atoms with E-state index in [2.05, 4.69) is 34.6 Å². The van der Waals surface area contributed by atoms with E-state index in [1.54, 1.807) is 0 Å². The fourth-order valence-corrected chi connectivity index (χ4v) is 2.41. The van der Waals surface area contributed by atoms with Crippen molar-refractivity contribution >= 4 is 35.7 Å². The van der Waals surface area contributed by atoms with E-state index in [1.807, 2.05) is 12.3 Å². The smallest absolute Gasteiger partial charge is 0.0702 e. The Morgan fingerprint density at radius 3 is 2.72 bits per heavy atom. The highest BCUT2D eigenvalue weighted by Crippen LogP contribution is 2.24. The molecule has 2 aromatic rings. The lowest BCUT2D eigenvalue weighted by Gasteiger charge is -2.23. The number of hydrogen-bond acceptors (Lipinski definition) is 2. The Balaban J connectivity index is 0.000000810. The molecule has 0 aliphatic carbocycles. The van der Waals surface area contributed by atoms with Gasteiger partial charge in [-0.1, -0.05) is 24.6 Å². The summed E-state index contributed by atoms with van der Waals surface area (Å²) in [7, 11) is 0. The summed E-state index contributed by atoms with van der Waals surface area (Å²) in [4.78, 5) is 4.52. The zero-order valence-electron chi connectivity index (χ0n) is 10.1. The molecular weight excluding hydrogens is 267 g/mol. The molecule has 0 radical (unpaired) electrons. The minimum Gasteiger partial charge on any atom is -0.310 e. The molecule has 1 aliphatic rings.